The topological polar surface area (TPSA) is 64.4 Å². The number of H-pyrrole nitrogens is 1. The van der Waals surface area contributed by atoms with Crippen LogP contribution in [0.25, 0.3) is 16.4 Å². The predicted molar refractivity (Wildman–Crippen MR) is 108 cm³/mol. The van der Waals surface area contributed by atoms with Crippen molar-refractivity contribution in [2.45, 2.75) is 41.0 Å². The molecule has 1 N–H and O–H groups in total. The maximum atomic E-state index is 14.8. The summed E-state index contributed by atoms with van der Waals surface area (Å²) in [6.07, 6.45) is 4.06. The zero-order valence-electron chi connectivity index (χ0n) is 16.8. The van der Waals surface area contributed by atoms with E-state index in [0.29, 0.717) is 17.5 Å². The Balaban J connectivity index is 0.00000109. The van der Waals surface area contributed by atoms with E-state index in [-0.39, 0.29) is 11.6 Å². The van der Waals surface area contributed by atoms with E-state index in [1.54, 1.807) is 28.9 Å². The van der Waals surface area contributed by atoms with Crippen LogP contribution in [-0.4, -0.2) is 26.2 Å². The minimum atomic E-state index is -0.421. The number of aryl methyl sites for hydroxylation is 2. The lowest BCUT2D eigenvalue weighted by Crippen LogP contribution is -1.98. The van der Waals surface area contributed by atoms with Crippen molar-refractivity contribution in [3.8, 4) is 17.4 Å². The number of nitrogens with zero attached hydrogens (tertiary/aromatic N) is 3. The highest BCUT2D eigenvalue weighted by Crippen LogP contribution is 2.34. The molecule has 3 aromatic heterocycles. The summed E-state index contributed by atoms with van der Waals surface area (Å²) in [5, 5.41) is 4.69. The quantitative estimate of drug-likeness (QED) is 0.488. The monoisotopic (exact) mass is 384 g/mol. The number of aromatic amines is 1. The van der Waals surface area contributed by atoms with E-state index in [4.69, 9.17) is 9.47 Å². The lowest BCUT2D eigenvalue weighted by Gasteiger charge is -2.08. The van der Waals surface area contributed by atoms with Gasteiger partial charge < -0.3 is 14.5 Å². The third-order valence-corrected chi connectivity index (χ3v) is 4.25. The number of halogens is 1. The molecule has 0 saturated carbocycles. The van der Waals surface area contributed by atoms with Gasteiger partial charge in [-0.25, -0.2) is 8.91 Å². The molecule has 0 aliphatic heterocycles. The molecule has 148 valence electrons. The average Bonchev–Trinajstić information content (AvgIpc) is 3.24. The van der Waals surface area contributed by atoms with E-state index in [1.807, 2.05) is 34.6 Å². The van der Waals surface area contributed by atoms with E-state index < -0.39 is 5.82 Å². The van der Waals surface area contributed by atoms with Gasteiger partial charge in [-0.05, 0) is 38.5 Å². The molecule has 4 rings (SSSR count). The molecule has 0 unspecified atom stereocenters. The fourth-order valence-electron chi connectivity index (χ4n) is 3.01. The number of rotatable bonds is 5. The number of hydrogen-bond acceptors (Lipinski definition) is 4. The van der Waals surface area contributed by atoms with E-state index >= 15 is 0 Å². The van der Waals surface area contributed by atoms with Crippen LogP contribution in [0.3, 0.4) is 0 Å². The summed E-state index contributed by atoms with van der Waals surface area (Å²) in [6, 6.07) is 5.14. The number of fused-ring (bicyclic) bond motifs is 2. The van der Waals surface area contributed by atoms with Crippen molar-refractivity contribution in [3.05, 3.63) is 47.8 Å². The molecule has 0 fully saturated rings. The van der Waals surface area contributed by atoms with Gasteiger partial charge in [0.2, 0.25) is 5.88 Å². The summed E-state index contributed by atoms with van der Waals surface area (Å²) in [5.41, 5.74) is 3.13. The first-order chi connectivity index (χ1) is 13.6. The third kappa shape index (κ3) is 3.52. The summed E-state index contributed by atoms with van der Waals surface area (Å²) in [6.45, 7) is 10.4. The Morgan fingerprint density at radius 3 is 2.71 bits per heavy atom. The first-order valence-corrected chi connectivity index (χ1v) is 9.50. The molecule has 6 nitrogen and oxygen atoms in total. The standard InChI is InChI=1S/C19H19FN4O2.C2H6/c1-4-7-25-16-9-24-18(12(16)3)19(21-10-22-24)26-15-6-5-14-13(17(15)20)8-11(2)23-14;1-2/h5-6,8-10,23H,4,7H2,1-3H3;1-2H3. The Morgan fingerprint density at radius 1 is 1.18 bits per heavy atom. The fraction of sp³-hybridized carbons (Fsp3) is 0.333. The normalized spacial score (nSPS) is 10.8. The van der Waals surface area contributed by atoms with Crippen molar-refractivity contribution in [3.63, 3.8) is 0 Å². The summed E-state index contributed by atoms with van der Waals surface area (Å²) < 4.78 is 28.0. The molecule has 28 heavy (non-hydrogen) atoms. The van der Waals surface area contributed by atoms with Gasteiger partial charge in [0.25, 0.3) is 0 Å². The minimum Gasteiger partial charge on any atom is -0.492 e. The molecule has 0 spiro atoms. The second-order valence-electron chi connectivity index (χ2n) is 6.22. The Bertz CT molecular complexity index is 1100. The molecular weight excluding hydrogens is 359 g/mol. The van der Waals surface area contributed by atoms with Gasteiger partial charge in [0.1, 0.15) is 17.6 Å². The Labute approximate surface area is 163 Å². The number of ether oxygens (including phenoxy) is 2. The van der Waals surface area contributed by atoms with Gasteiger partial charge in [0.05, 0.1) is 12.8 Å². The second-order valence-corrected chi connectivity index (χ2v) is 6.22. The largest absolute Gasteiger partial charge is 0.492 e. The molecule has 0 saturated heterocycles. The lowest BCUT2D eigenvalue weighted by molar-refractivity contribution is 0.315. The zero-order valence-corrected chi connectivity index (χ0v) is 16.8. The fourth-order valence-corrected chi connectivity index (χ4v) is 3.01. The number of aromatic nitrogens is 4. The van der Waals surface area contributed by atoms with Crippen molar-refractivity contribution >= 4 is 16.4 Å². The third-order valence-electron chi connectivity index (χ3n) is 4.25. The smallest absolute Gasteiger partial charge is 0.247 e. The van der Waals surface area contributed by atoms with Crippen LogP contribution in [0.1, 0.15) is 38.4 Å². The van der Waals surface area contributed by atoms with Crippen LogP contribution < -0.4 is 9.47 Å². The lowest BCUT2D eigenvalue weighted by atomic mass is 10.2. The minimum absolute atomic E-state index is 0.119. The highest BCUT2D eigenvalue weighted by atomic mass is 19.1. The number of nitrogens with one attached hydrogen (secondary N) is 1. The zero-order chi connectivity index (χ0) is 20.3. The molecule has 1 aromatic carbocycles. The van der Waals surface area contributed by atoms with E-state index in [1.165, 1.54) is 6.33 Å². The van der Waals surface area contributed by atoms with Crippen molar-refractivity contribution in [1.82, 2.24) is 19.6 Å². The SMILES string of the molecule is CC.CCCOc1cn2ncnc(Oc3ccc4[nH]c(C)cc4c3F)c2c1C. The summed E-state index contributed by atoms with van der Waals surface area (Å²) in [5.74, 6) is 0.702. The van der Waals surface area contributed by atoms with Crippen LogP contribution >= 0.6 is 0 Å². The number of hydrogen-bond donors (Lipinski definition) is 1. The van der Waals surface area contributed by atoms with Crippen molar-refractivity contribution in [2.24, 2.45) is 0 Å². The summed E-state index contributed by atoms with van der Waals surface area (Å²) >= 11 is 0. The van der Waals surface area contributed by atoms with Crippen LogP contribution in [0.2, 0.25) is 0 Å². The maximum absolute atomic E-state index is 14.8. The van der Waals surface area contributed by atoms with Gasteiger partial charge in [-0.15, -0.1) is 0 Å². The van der Waals surface area contributed by atoms with Gasteiger partial charge in [-0.1, -0.05) is 20.8 Å². The molecule has 0 radical (unpaired) electrons. The number of benzene rings is 1. The van der Waals surface area contributed by atoms with Crippen LogP contribution in [0, 0.1) is 19.7 Å². The maximum Gasteiger partial charge on any atom is 0.247 e. The molecule has 0 amide bonds. The predicted octanol–water partition coefficient (Wildman–Crippen LogP) is 5.57. The van der Waals surface area contributed by atoms with Crippen LogP contribution in [0.15, 0.2) is 30.7 Å². The summed E-state index contributed by atoms with van der Waals surface area (Å²) in [4.78, 5) is 7.31. The van der Waals surface area contributed by atoms with E-state index in [0.717, 1.165) is 28.9 Å². The molecule has 7 heteroatoms. The molecule has 0 bridgehead atoms. The Hall–Kier alpha value is -3.09. The highest BCUT2D eigenvalue weighted by molar-refractivity contribution is 5.83. The van der Waals surface area contributed by atoms with E-state index in [9.17, 15) is 4.39 Å². The molecule has 4 aromatic rings. The molecule has 3 heterocycles. The van der Waals surface area contributed by atoms with Crippen LogP contribution in [0.4, 0.5) is 4.39 Å². The first-order valence-electron chi connectivity index (χ1n) is 9.50. The van der Waals surface area contributed by atoms with Crippen LogP contribution in [0.5, 0.6) is 17.4 Å². The van der Waals surface area contributed by atoms with Gasteiger partial charge in [-0.2, -0.15) is 10.1 Å². The molecule has 0 atom stereocenters. The van der Waals surface area contributed by atoms with Crippen molar-refractivity contribution < 1.29 is 13.9 Å². The Morgan fingerprint density at radius 2 is 1.96 bits per heavy atom. The van der Waals surface area contributed by atoms with Gasteiger partial charge in [-0.3, -0.25) is 0 Å². The highest BCUT2D eigenvalue weighted by Gasteiger charge is 2.18. The molecular formula is C21H25FN4O2. The second kappa shape index (κ2) is 8.29. The molecule has 0 aliphatic rings. The van der Waals surface area contributed by atoms with Gasteiger partial charge in [0.15, 0.2) is 11.6 Å². The van der Waals surface area contributed by atoms with Crippen molar-refractivity contribution in [1.29, 1.82) is 0 Å². The first kappa shape index (κ1) is 19.7. The summed E-state index contributed by atoms with van der Waals surface area (Å²) in [7, 11) is 0. The average molecular weight is 384 g/mol. The Kier molecular flexibility index (Phi) is 5.82. The van der Waals surface area contributed by atoms with Gasteiger partial charge >= 0.3 is 0 Å². The van der Waals surface area contributed by atoms with E-state index in [2.05, 4.69) is 15.1 Å². The molecule has 0 aliphatic carbocycles. The van der Waals surface area contributed by atoms with Gasteiger partial charge in [0, 0.05) is 22.2 Å². The van der Waals surface area contributed by atoms with Crippen LogP contribution in [-0.2, 0) is 0 Å². The van der Waals surface area contributed by atoms with Crippen molar-refractivity contribution in [2.75, 3.05) is 6.61 Å².